The predicted molar refractivity (Wildman–Crippen MR) is 175 cm³/mol. The molecule has 2 aromatic heterocycles. The van der Waals surface area contributed by atoms with E-state index in [2.05, 4.69) is 20.9 Å². The van der Waals surface area contributed by atoms with Crippen molar-refractivity contribution in [1.82, 2.24) is 14.8 Å². The molecule has 0 aliphatic rings. The number of nitrogens with zero attached hydrogens (tertiary/aromatic N) is 3. The highest BCUT2D eigenvalue weighted by Gasteiger charge is 2.22. The molecule has 46 heavy (non-hydrogen) atoms. The van der Waals surface area contributed by atoms with Crippen LogP contribution in [-0.4, -0.2) is 53.5 Å². The molecule has 0 atom stereocenters. The molecule has 0 radical (unpaired) electrons. The maximum atomic E-state index is 13.4. The van der Waals surface area contributed by atoms with E-state index >= 15 is 0 Å². The first-order valence-electron chi connectivity index (χ1n) is 14.4. The Hall–Kier alpha value is -5.75. The van der Waals surface area contributed by atoms with Gasteiger partial charge in [-0.25, -0.2) is 19.3 Å². The summed E-state index contributed by atoms with van der Waals surface area (Å²) in [6, 6.07) is 22.4. The van der Waals surface area contributed by atoms with E-state index in [-0.39, 0.29) is 17.9 Å². The minimum Gasteiger partial charge on any atom is -0.465 e. The number of urea groups is 1. The van der Waals surface area contributed by atoms with Gasteiger partial charge >= 0.3 is 12.0 Å². The van der Waals surface area contributed by atoms with Gasteiger partial charge in [-0.1, -0.05) is 45.0 Å². The predicted octanol–water partition coefficient (Wildman–Crippen LogP) is 6.53. The number of methoxy groups -OCH3 is 2. The summed E-state index contributed by atoms with van der Waals surface area (Å²) in [7, 11) is 2.76. The van der Waals surface area contributed by atoms with E-state index in [1.165, 1.54) is 20.4 Å². The number of ether oxygens (including phenoxy) is 3. The fourth-order valence-electron chi connectivity index (χ4n) is 4.61. The van der Waals surface area contributed by atoms with Crippen molar-refractivity contribution in [3.05, 3.63) is 96.3 Å². The van der Waals surface area contributed by atoms with Gasteiger partial charge in [0.1, 0.15) is 29.7 Å². The lowest BCUT2D eigenvalue weighted by Crippen LogP contribution is -2.21. The molecule has 5 rings (SSSR count). The number of nitrogens with one attached hydrogen (secondary N) is 3. The Morgan fingerprint density at radius 1 is 0.848 bits per heavy atom. The zero-order valence-electron chi connectivity index (χ0n) is 26.1. The highest BCUT2D eigenvalue weighted by molar-refractivity contribution is 6.07. The molecule has 3 N–H and O–H groups in total. The van der Waals surface area contributed by atoms with E-state index in [9.17, 15) is 14.4 Å². The third-order valence-electron chi connectivity index (χ3n) is 6.89. The number of carbonyl (C=O) groups is 3. The van der Waals surface area contributed by atoms with Crippen molar-refractivity contribution in [2.24, 2.45) is 0 Å². The molecule has 12 nitrogen and oxygen atoms in total. The fourth-order valence-corrected chi connectivity index (χ4v) is 4.61. The average molecular weight is 623 g/mol. The second kappa shape index (κ2) is 13.5. The van der Waals surface area contributed by atoms with Crippen LogP contribution >= 0.6 is 0 Å². The lowest BCUT2D eigenvalue weighted by atomic mass is 9.92. The Morgan fingerprint density at radius 2 is 1.59 bits per heavy atom. The molecule has 0 fully saturated rings. The maximum Gasteiger partial charge on any atom is 0.337 e. The molecule has 2 heterocycles. The van der Waals surface area contributed by atoms with Gasteiger partial charge < -0.3 is 24.8 Å². The van der Waals surface area contributed by atoms with Crippen LogP contribution in [0.15, 0.2) is 85.1 Å². The minimum absolute atomic E-state index is 0.0936. The van der Waals surface area contributed by atoms with Crippen molar-refractivity contribution < 1.29 is 28.6 Å². The molecule has 0 aliphatic carbocycles. The zero-order valence-corrected chi connectivity index (χ0v) is 26.1. The normalized spacial score (nSPS) is 11.2. The van der Waals surface area contributed by atoms with Crippen LogP contribution in [0.5, 0.6) is 11.5 Å². The number of esters is 1. The Bertz CT molecular complexity index is 1900. The van der Waals surface area contributed by atoms with Crippen LogP contribution in [-0.2, 0) is 19.7 Å². The monoisotopic (exact) mass is 622 g/mol. The number of hydrogen-bond donors (Lipinski definition) is 3. The second-order valence-electron chi connectivity index (χ2n) is 11.3. The van der Waals surface area contributed by atoms with Gasteiger partial charge in [0.25, 0.3) is 5.91 Å². The lowest BCUT2D eigenvalue weighted by molar-refractivity contribution is -0.119. The van der Waals surface area contributed by atoms with Crippen molar-refractivity contribution in [2.75, 3.05) is 36.8 Å². The molecule has 3 aromatic carbocycles. The van der Waals surface area contributed by atoms with Gasteiger partial charge in [-0.3, -0.25) is 10.1 Å². The van der Waals surface area contributed by atoms with Gasteiger partial charge in [-0.05, 0) is 42.5 Å². The largest absolute Gasteiger partial charge is 0.465 e. The van der Waals surface area contributed by atoms with Gasteiger partial charge in [0.05, 0.1) is 29.7 Å². The number of amides is 3. The van der Waals surface area contributed by atoms with E-state index in [1.54, 1.807) is 53.2 Å². The Balaban J connectivity index is 1.38. The number of fused-ring (bicyclic) bond motifs is 1. The van der Waals surface area contributed by atoms with Crippen molar-refractivity contribution in [1.29, 1.82) is 0 Å². The van der Waals surface area contributed by atoms with Crippen LogP contribution in [0.4, 0.5) is 22.1 Å². The standard InChI is InChI=1S/C34H34N6O6/c1-34(2,3)28-19-30(40(39-28)22-12-10-21(11-13-22)32(42)45-5)38-33(43)36-26-14-15-27(25-9-7-6-8-24(25)26)46-23-16-17-35-29(18-23)37-31(41)20-44-4/h6-19H,20H2,1-5H3,(H,35,37,41)(H2,36,38,43). The van der Waals surface area contributed by atoms with E-state index in [0.29, 0.717) is 40.1 Å². The summed E-state index contributed by atoms with van der Waals surface area (Å²) in [5.74, 6) is 1.01. The highest BCUT2D eigenvalue weighted by atomic mass is 16.5. The summed E-state index contributed by atoms with van der Waals surface area (Å²) in [6.07, 6.45) is 1.53. The first-order chi connectivity index (χ1) is 22.0. The smallest absolute Gasteiger partial charge is 0.337 e. The van der Waals surface area contributed by atoms with Crippen LogP contribution in [0.25, 0.3) is 16.5 Å². The number of hydrogen-bond acceptors (Lipinski definition) is 8. The van der Waals surface area contributed by atoms with Gasteiger partial charge in [-0.2, -0.15) is 5.10 Å². The highest BCUT2D eigenvalue weighted by Crippen LogP contribution is 2.35. The molecule has 0 spiro atoms. The summed E-state index contributed by atoms with van der Waals surface area (Å²) in [6.45, 7) is 6.00. The number of benzene rings is 3. The van der Waals surface area contributed by atoms with Gasteiger partial charge in [0.2, 0.25) is 0 Å². The lowest BCUT2D eigenvalue weighted by Gasteiger charge is -2.15. The molecule has 0 bridgehead atoms. The summed E-state index contributed by atoms with van der Waals surface area (Å²) in [5.41, 5.74) is 2.10. The Kier molecular flexibility index (Phi) is 9.29. The molecule has 12 heteroatoms. The molecule has 5 aromatic rings. The molecule has 0 aliphatic heterocycles. The van der Waals surface area contributed by atoms with E-state index in [0.717, 1.165) is 16.5 Å². The number of rotatable bonds is 9. The van der Waals surface area contributed by atoms with Crippen LogP contribution in [0.3, 0.4) is 0 Å². The van der Waals surface area contributed by atoms with Gasteiger partial charge in [0, 0.05) is 41.6 Å². The van der Waals surface area contributed by atoms with Crippen molar-refractivity contribution >= 4 is 46.0 Å². The zero-order chi connectivity index (χ0) is 32.8. The minimum atomic E-state index is -0.475. The van der Waals surface area contributed by atoms with Crippen LogP contribution in [0, 0.1) is 0 Å². The molecule has 0 unspecified atom stereocenters. The average Bonchev–Trinajstić information content (AvgIpc) is 3.46. The molecule has 0 saturated carbocycles. The number of anilines is 3. The molecular formula is C34H34N6O6. The first-order valence-corrected chi connectivity index (χ1v) is 14.4. The van der Waals surface area contributed by atoms with Crippen LogP contribution in [0.1, 0.15) is 36.8 Å². The summed E-state index contributed by atoms with van der Waals surface area (Å²) in [4.78, 5) is 41.4. The molecule has 0 saturated heterocycles. The number of aromatic nitrogens is 3. The second-order valence-corrected chi connectivity index (χ2v) is 11.3. The quantitative estimate of drug-likeness (QED) is 0.157. The first kappa shape index (κ1) is 31.7. The van der Waals surface area contributed by atoms with Crippen molar-refractivity contribution in [2.45, 2.75) is 26.2 Å². The summed E-state index contributed by atoms with van der Waals surface area (Å²) in [5, 5.41) is 14.8. The van der Waals surface area contributed by atoms with Crippen LogP contribution in [0.2, 0.25) is 0 Å². The SMILES string of the molecule is COCC(=O)Nc1cc(Oc2ccc(NC(=O)Nc3cc(C(C)(C)C)nn3-c3ccc(C(=O)OC)cc3)c3ccccc23)ccn1. The van der Waals surface area contributed by atoms with Gasteiger partial charge in [-0.15, -0.1) is 0 Å². The Labute approximate surface area is 265 Å². The van der Waals surface area contributed by atoms with E-state index in [1.807, 2.05) is 51.1 Å². The van der Waals surface area contributed by atoms with Gasteiger partial charge in [0.15, 0.2) is 0 Å². The Morgan fingerprint density at radius 3 is 2.28 bits per heavy atom. The van der Waals surface area contributed by atoms with E-state index in [4.69, 9.17) is 19.3 Å². The van der Waals surface area contributed by atoms with E-state index < -0.39 is 12.0 Å². The summed E-state index contributed by atoms with van der Waals surface area (Å²) >= 11 is 0. The molecule has 236 valence electrons. The topological polar surface area (TPSA) is 146 Å². The number of carbonyl (C=O) groups excluding carboxylic acids is 3. The molecule has 3 amide bonds. The number of pyridine rings is 1. The molecular weight excluding hydrogens is 588 g/mol. The van der Waals surface area contributed by atoms with Crippen molar-refractivity contribution in [3.8, 4) is 17.2 Å². The third-order valence-corrected chi connectivity index (χ3v) is 6.89. The van der Waals surface area contributed by atoms with Crippen LogP contribution < -0.4 is 20.7 Å². The maximum absolute atomic E-state index is 13.4. The fraction of sp³-hybridized carbons (Fsp3) is 0.206. The van der Waals surface area contributed by atoms with Crippen molar-refractivity contribution in [3.63, 3.8) is 0 Å². The summed E-state index contributed by atoms with van der Waals surface area (Å²) < 4.78 is 17.4. The third kappa shape index (κ3) is 7.30.